The Morgan fingerprint density at radius 1 is 1.12 bits per heavy atom. The number of rotatable bonds is 3. The van der Waals surface area contributed by atoms with Crippen LogP contribution < -0.4 is 5.32 Å². The van der Waals surface area contributed by atoms with E-state index in [0.29, 0.717) is 5.56 Å². The van der Waals surface area contributed by atoms with Crippen molar-refractivity contribution in [2.75, 3.05) is 13.1 Å². The van der Waals surface area contributed by atoms with E-state index in [2.05, 4.69) is 5.32 Å². The van der Waals surface area contributed by atoms with E-state index in [4.69, 9.17) is 23.2 Å². The van der Waals surface area contributed by atoms with Gasteiger partial charge in [-0.05, 0) is 30.7 Å². The van der Waals surface area contributed by atoms with E-state index in [1.165, 1.54) is 22.5 Å². The van der Waals surface area contributed by atoms with Crippen LogP contribution in [0.1, 0.15) is 17.2 Å². The van der Waals surface area contributed by atoms with Gasteiger partial charge in [-0.3, -0.25) is 4.79 Å². The molecule has 1 aliphatic rings. The molecule has 0 bridgehead atoms. The Kier molecular flexibility index (Phi) is 5.06. The monoisotopic (exact) mass is 398 g/mol. The normalized spacial score (nSPS) is 18.8. The third-order valence-electron chi connectivity index (χ3n) is 4.02. The van der Waals surface area contributed by atoms with Crippen molar-refractivity contribution in [3.05, 3.63) is 63.6 Å². The first kappa shape index (κ1) is 18.2. The van der Waals surface area contributed by atoms with Crippen LogP contribution in [0.2, 0.25) is 10.0 Å². The molecular formula is C17H16Cl2N2O3S. The topological polar surface area (TPSA) is 66.5 Å². The number of sulfonamides is 1. The highest BCUT2D eigenvalue weighted by atomic mass is 35.5. The van der Waals surface area contributed by atoms with Crippen LogP contribution in [-0.4, -0.2) is 31.7 Å². The maximum Gasteiger partial charge on any atom is 0.244 e. The highest BCUT2D eigenvalue weighted by Gasteiger charge is 2.39. The van der Waals surface area contributed by atoms with Crippen LogP contribution in [0.15, 0.2) is 47.4 Å². The van der Waals surface area contributed by atoms with E-state index in [1.807, 2.05) is 19.1 Å². The molecule has 132 valence electrons. The summed E-state index contributed by atoms with van der Waals surface area (Å²) >= 11 is 11.8. The first-order chi connectivity index (χ1) is 11.8. The van der Waals surface area contributed by atoms with Crippen molar-refractivity contribution >= 4 is 39.1 Å². The van der Waals surface area contributed by atoms with Gasteiger partial charge in [-0.15, -0.1) is 0 Å². The van der Waals surface area contributed by atoms with Gasteiger partial charge in [0.05, 0.1) is 14.9 Å². The number of hydrogen-bond acceptors (Lipinski definition) is 3. The summed E-state index contributed by atoms with van der Waals surface area (Å²) < 4.78 is 27.4. The number of piperazine rings is 1. The molecule has 1 amide bonds. The molecule has 0 saturated carbocycles. The summed E-state index contributed by atoms with van der Waals surface area (Å²) in [5.74, 6) is -0.347. The maximum absolute atomic E-state index is 13.1. The Morgan fingerprint density at radius 2 is 1.88 bits per heavy atom. The van der Waals surface area contributed by atoms with Gasteiger partial charge in [0.2, 0.25) is 15.9 Å². The van der Waals surface area contributed by atoms with E-state index in [9.17, 15) is 13.2 Å². The van der Waals surface area contributed by atoms with Crippen LogP contribution >= 0.6 is 23.2 Å². The smallest absolute Gasteiger partial charge is 0.244 e. The lowest BCUT2D eigenvalue weighted by Crippen LogP contribution is -2.52. The van der Waals surface area contributed by atoms with Crippen LogP contribution in [0.5, 0.6) is 0 Å². The molecule has 1 unspecified atom stereocenters. The van der Waals surface area contributed by atoms with E-state index in [-0.39, 0.29) is 33.9 Å². The molecule has 0 spiro atoms. The Balaban J connectivity index is 2.08. The summed E-state index contributed by atoms with van der Waals surface area (Å²) in [6, 6.07) is 10.5. The second-order valence-electron chi connectivity index (χ2n) is 5.80. The fourth-order valence-electron chi connectivity index (χ4n) is 2.84. The van der Waals surface area contributed by atoms with Crippen molar-refractivity contribution in [1.29, 1.82) is 0 Å². The molecule has 2 aromatic rings. The van der Waals surface area contributed by atoms with Crippen molar-refractivity contribution in [2.45, 2.75) is 17.9 Å². The number of aryl methyl sites for hydroxylation is 1. The molecule has 0 radical (unpaired) electrons. The SMILES string of the molecule is Cc1cccc(C2C(=O)NCCN2S(=O)(=O)c2ccc(Cl)c(Cl)c2)c1. The second-order valence-corrected chi connectivity index (χ2v) is 8.50. The lowest BCUT2D eigenvalue weighted by Gasteiger charge is -2.34. The van der Waals surface area contributed by atoms with Crippen LogP contribution in [0, 0.1) is 6.92 Å². The largest absolute Gasteiger partial charge is 0.353 e. The van der Waals surface area contributed by atoms with Crippen LogP contribution in [0.25, 0.3) is 0 Å². The molecule has 2 aromatic carbocycles. The summed E-state index contributed by atoms with van der Waals surface area (Å²) in [6.07, 6.45) is 0. The molecule has 1 N–H and O–H groups in total. The third kappa shape index (κ3) is 3.53. The Morgan fingerprint density at radius 3 is 2.56 bits per heavy atom. The lowest BCUT2D eigenvalue weighted by molar-refractivity contribution is -0.126. The molecule has 8 heteroatoms. The number of carbonyl (C=O) groups excluding carboxylic acids is 1. The zero-order chi connectivity index (χ0) is 18.2. The van der Waals surface area contributed by atoms with E-state index in [0.717, 1.165) is 5.56 Å². The van der Waals surface area contributed by atoms with Gasteiger partial charge in [0.15, 0.2) is 0 Å². The van der Waals surface area contributed by atoms with Crippen LogP contribution in [0.4, 0.5) is 0 Å². The second kappa shape index (κ2) is 6.96. The predicted molar refractivity (Wildman–Crippen MR) is 97.3 cm³/mol. The number of hydrogen-bond donors (Lipinski definition) is 1. The Bertz CT molecular complexity index is 931. The molecule has 1 aliphatic heterocycles. The number of benzene rings is 2. The van der Waals surface area contributed by atoms with Crippen molar-refractivity contribution in [3.8, 4) is 0 Å². The molecule has 25 heavy (non-hydrogen) atoms. The van der Waals surface area contributed by atoms with Gasteiger partial charge in [0.25, 0.3) is 0 Å². The molecule has 3 rings (SSSR count). The molecule has 1 atom stereocenters. The molecular weight excluding hydrogens is 383 g/mol. The fraction of sp³-hybridized carbons (Fsp3) is 0.235. The number of carbonyl (C=O) groups is 1. The first-order valence-electron chi connectivity index (χ1n) is 7.62. The number of amides is 1. The van der Waals surface area contributed by atoms with E-state index < -0.39 is 16.1 Å². The number of nitrogens with zero attached hydrogens (tertiary/aromatic N) is 1. The van der Waals surface area contributed by atoms with Gasteiger partial charge in [-0.25, -0.2) is 8.42 Å². The highest BCUT2D eigenvalue weighted by Crippen LogP contribution is 2.32. The average molecular weight is 399 g/mol. The summed E-state index contributed by atoms with van der Waals surface area (Å²) in [5.41, 5.74) is 1.57. The fourth-order valence-corrected chi connectivity index (χ4v) is 4.80. The zero-order valence-corrected chi connectivity index (χ0v) is 15.7. The van der Waals surface area contributed by atoms with Gasteiger partial charge in [-0.1, -0.05) is 53.0 Å². The minimum absolute atomic E-state index is 0.00857. The highest BCUT2D eigenvalue weighted by molar-refractivity contribution is 7.89. The molecule has 5 nitrogen and oxygen atoms in total. The zero-order valence-electron chi connectivity index (χ0n) is 13.4. The predicted octanol–water partition coefficient (Wildman–Crippen LogP) is 3.16. The van der Waals surface area contributed by atoms with Crippen molar-refractivity contribution in [1.82, 2.24) is 9.62 Å². The van der Waals surface area contributed by atoms with Gasteiger partial charge < -0.3 is 5.32 Å². The van der Waals surface area contributed by atoms with Crippen molar-refractivity contribution in [3.63, 3.8) is 0 Å². The van der Waals surface area contributed by atoms with Crippen LogP contribution in [0.3, 0.4) is 0 Å². The number of halogens is 2. The van der Waals surface area contributed by atoms with Gasteiger partial charge in [-0.2, -0.15) is 4.31 Å². The lowest BCUT2D eigenvalue weighted by atomic mass is 10.0. The van der Waals surface area contributed by atoms with Gasteiger partial charge in [0, 0.05) is 13.1 Å². The quantitative estimate of drug-likeness (QED) is 0.862. The van der Waals surface area contributed by atoms with Crippen LogP contribution in [-0.2, 0) is 14.8 Å². The molecule has 1 saturated heterocycles. The van der Waals surface area contributed by atoms with Gasteiger partial charge in [0.1, 0.15) is 6.04 Å². The van der Waals surface area contributed by atoms with Gasteiger partial charge >= 0.3 is 0 Å². The Hall–Kier alpha value is -1.60. The molecule has 1 heterocycles. The summed E-state index contributed by atoms with van der Waals surface area (Å²) in [6.45, 7) is 2.32. The summed E-state index contributed by atoms with van der Waals surface area (Å²) in [7, 11) is -3.91. The first-order valence-corrected chi connectivity index (χ1v) is 9.81. The van der Waals surface area contributed by atoms with Crippen molar-refractivity contribution < 1.29 is 13.2 Å². The molecule has 1 fully saturated rings. The average Bonchev–Trinajstić information content (AvgIpc) is 2.57. The number of nitrogens with one attached hydrogen (secondary N) is 1. The van der Waals surface area contributed by atoms with E-state index in [1.54, 1.807) is 12.1 Å². The third-order valence-corrected chi connectivity index (χ3v) is 6.62. The Labute approximate surface area is 156 Å². The molecule has 0 aromatic heterocycles. The minimum Gasteiger partial charge on any atom is -0.353 e. The van der Waals surface area contributed by atoms with E-state index >= 15 is 0 Å². The summed E-state index contributed by atoms with van der Waals surface area (Å²) in [5, 5.41) is 3.15. The maximum atomic E-state index is 13.1. The van der Waals surface area contributed by atoms with Crippen molar-refractivity contribution in [2.24, 2.45) is 0 Å². The minimum atomic E-state index is -3.91. The molecule has 0 aliphatic carbocycles. The summed E-state index contributed by atoms with van der Waals surface area (Å²) in [4.78, 5) is 12.5. The standard InChI is InChI=1S/C17H16Cl2N2O3S/c1-11-3-2-4-12(9-11)16-17(22)20-7-8-21(16)25(23,24)13-5-6-14(18)15(19)10-13/h2-6,9-10,16H,7-8H2,1H3,(H,20,22).